The highest BCUT2D eigenvalue weighted by Gasteiger charge is 2.12. The molecule has 0 saturated heterocycles. The van der Waals surface area contributed by atoms with Gasteiger partial charge in [0.15, 0.2) is 0 Å². The molecule has 0 bridgehead atoms. The number of hydrogen-bond acceptors (Lipinski definition) is 2. The minimum atomic E-state index is 0.481. The molecular formula is C10H19NO. The Morgan fingerprint density at radius 3 is 2.75 bits per heavy atom. The van der Waals surface area contributed by atoms with E-state index < -0.39 is 0 Å². The van der Waals surface area contributed by atoms with Crippen LogP contribution in [0.3, 0.4) is 0 Å². The Kier molecular flexibility index (Phi) is 4.33. The summed E-state index contributed by atoms with van der Waals surface area (Å²) in [6.45, 7) is 5.85. The van der Waals surface area contributed by atoms with Gasteiger partial charge in [-0.3, -0.25) is 0 Å². The molecule has 70 valence electrons. The van der Waals surface area contributed by atoms with Crippen LogP contribution in [0.2, 0.25) is 0 Å². The number of nitrogens with one attached hydrogen (secondary N) is 1. The molecule has 1 aliphatic rings. The van der Waals surface area contributed by atoms with Crippen LogP contribution in [0.4, 0.5) is 0 Å². The van der Waals surface area contributed by atoms with Crippen LogP contribution in [0.1, 0.15) is 26.7 Å². The third kappa shape index (κ3) is 3.37. The molecule has 1 atom stereocenters. The Hall–Kier alpha value is -0.340. The van der Waals surface area contributed by atoms with Gasteiger partial charge in [0.1, 0.15) is 0 Å². The Morgan fingerprint density at radius 2 is 2.17 bits per heavy atom. The van der Waals surface area contributed by atoms with Gasteiger partial charge < -0.3 is 10.1 Å². The van der Waals surface area contributed by atoms with E-state index in [1.54, 1.807) is 0 Å². The van der Waals surface area contributed by atoms with Gasteiger partial charge in [0.2, 0.25) is 0 Å². The van der Waals surface area contributed by atoms with E-state index in [0.29, 0.717) is 12.1 Å². The molecule has 0 aliphatic heterocycles. The van der Waals surface area contributed by atoms with Crippen molar-refractivity contribution in [1.29, 1.82) is 0 Å². The molecule has 0 saturated carbocycles. The van der Waals surface area contributed by atoms with Crippen LogP contribution >= 0.6 is 0 Å². The highest BCUT2D eigenvalue weighted by atomic mass is 16.5. The van der Waals surface area contributed by atoms with E-state index in [-0.39, 0.29) is 0 Å². The molecule has 0 heterocycles. The average Bonchev–Trinajstić information content (AvgIpc) is 2.53. The second-order valence-electron chi connectivity index (χ2n) is 3.37. The summed E-state index contributed by atoms with van der Waals surface area (Å²) in [4.78, 5) is 0. The zero-order valence-electron chi connectivity index (χ0n) is 8.05. The molecule has 1 N–H and O–H groups in total. The molecular weight excluding hydrogens is 150 g/mol. The summed E-state index contributed by atoms with van der Waals surface area (Å²) in [6, 6.07) is 1.13. The molecule has 0 spiro atoms. The van der Waals surface area contributed by atoms with Crippen LogP contribution in [-0.2, 0) is 4.74 Å². The molecule has 0 fully saturated rings. The van der Waals surface area contributed by atoms with E-state index in [1.165, 1.54) is 12.8 Å². The first-order valence-corrected chi connectivity index (χ1v) is 4.81. The first-order chi connectivity index (χ1) is 5.83. The van der Waals surface area contributed by atoms with Gasteiger partial charge >= 0.3 is 0 Å². The fourth-order valence-corrected chi connectivity index (χ4v) is 1.50. The highest BCUT2D eigenvalue weighted by Crippen LogP contribution is 2.09. The molecule has 0 radical (unpaired) electrons. The van der Waals surface area contributed by atoms with Gasteiger partial charge in [0.05, 0.1) is 6.61 Å². The van der Waals surface area contributed by atoms with E-state index in [1.807, 2.05) is 6.92 Å². The standard InChI is InChI=1S/C10H19NO/c1-3-12-8-9(2)11-10-6-4-5-7-10/h4-5,9-11H,3,6-8H2,1-2H3. The average molecular weight is 169 g/mol. The molecule has 2 heteroatoms. The summed E-state index contributed by atoms with van der Waals surface area (Å²) < 4.78 is 5.32. The monoisotopic (exact) mass is 169 g/mol. The first kappa shape index (κ1) is 9.75. The van der Waals surface area contributed by atoms with Crippen LogP contribution < -0.4 is 5.32 Å². The van der Waals surface area contributed by atoms with Gasteiger partial charge in [-0.1, -0.05) is 12.2 Å². The predicted octanol–water partition coefficient (Wildman–Crippen LogP) is 1.72. The van der Waals surface area contributed by atoms with Gasteiger partial charge in [-0.2, -0.15) is 0 Å². The zero-order chi connectivity index (χ0) is 8.81. The molecule has 0 amide bonds. The van der Waals surface area contributed by atoms with E-state index in [4.69, 9.17) is 4.74 Å². The summed E-state index contributed by atoms with van der Waals surface area (Å²) in [7, 11) is 0. The number of rotatable bonds is 5. The van der Waals surface area contributed by atoms with Crippen molar-refractivity contribution in [1.82, 2.24) is 5.32 Å². The lowest BCUT2D eigenvalue weighted by molar-refractivity contribution is 0.124. The van der Waals surface area contributed by atoms with Crippen molar-refractivity contribution in [2.75, 3.05) is 13.2 Å². The maximum absolute atomic E-state index is 5.32. The Balaban J connectivity index is 2.04. The minimum absolute atomic E-state index is 0.481. The van der Waals surface area contributed by atoms with Gasteiger partial charge in [0, 0.05) is 18.7 Å². The molecule has 12 heavy (non-hydrogen) atoms. The second-order valence-corrected chi connectivity index (χ2v) is 3.37. The largest absolute Gasteiger partial charge is 0.380 e. The molecule has 1 aliphatic carbocycles. The predicted molar refractivity (Wildman–Crippen MR) is 51.3 cm³/mol. The van der Waals surface area contributed by atoms with Crippen molar-refractivity contribution in [3.8, 4) is 0 Å². The fourth-order valence-electron chi connectivity index (χ4n) is 1.50. The smallest absolute Gasteiger partial charge is 0.0616 e. The highest BCUT2D eigenvalue weighted by molar-refractivity contribution is 4.98. The summed E-state index contributed by atoms with van der Waals surface area (Å²) in [5.41, 5.74) is 0. The van der Waals surface area contributed by atoms with Gasteiger partial charge in [-0.15, -0.1) is 0 Å². The van der Waals surface area contributed by atoms with Crippen LogP contribution in [0.5, 0.6) is 0 Å². The quantitative estimate of drug-likeness (QED) is 0.633. The molecule has 2 nitrogen and oxygen atoms in total. The van der Waals surface area contributed by atoms with Crippen LogP contribution in [0.25, 0.3) is 0 Å². The van der Waals surface area contributed by atoms with Crippen LogP contribution in [0.15, 0.2) is 12.2 Å². The summed E-state index contributed by atoms with van der Waals surface area (Å²) in [6.07, 6.45) is 6.84. The maximum atomic E-state index is 5.32. The second kappa shape index (κ2) is 5.33. The van der Waals surface area contributed by atoms with Gasteiger partial charge in [-0.25, -0.2) is 0 Å². The van der Waals surface area contributed by atoms with E-state index in [9.17, 15) is 0 Å². The van der Waals surface area contributed by atoms with Crippen molar-refractivity contribution in [3.05, 3.63) is 12.2 Å². The van der Waals surface area contributed by atoms with E-state index in [0.717, 1.165) is 13.2 Å². The van der Waals surface area contributed by atoms with Crippen molar-refractivity contribution >= 4 is 0 Å². The van der Waals surface area contributed by atoms with Crippen LogP contribution in [-0.4, -0.2) is 25.3 Å². The van der Waals surface area contributed by atoms with Crippen molar-refractivity contribution in [2.45, 2.75) is 38.8 Å². The van der Waals surface area contributed by atoms with Crippen LogP contribution in [0, 0.1) is 0 Å². The van der Waals surface area contributed by atoms with Crippen molar-refractivity contribution in [2.24, 2.45) is 0 Å². The molecule has 0 aromatic heterocycles. The normalized spacial score (nSPS) is 20.2. The maximum Gasteiger partial charge on any atom is 0.0616 e. The third-order valence-electron chi connectivity index (χ3n) is 2.10. The van der Waals surface area contributed by atoms with E-state index in [2.05, 4.69) is 24.4 Å². The van der Waals surface area contributed by atoms with E-state index >= 15 is 0 Å². The number of ether oxygens (including phenoxy) is 1. The summed E-state index contributed by atoms with van der Waals surface area (Å²) in [5.74, 6) is 0. The number of hydrogen-bond donors (Lipinski definition) is 1. The van der Waals surface area contributed by atoms with Crippen molar-refractivity contribution < 1.29 is 4.74 Å². The molecule has 0 aromatic carbocycles. The fraction of sp³-hybridized carbons (Fsp3) is 0.800. The lowest BCUT2D eigenvalue weighted by atomic mass is 10.2. The molecule has 0 aromatic rings. The summed E-state index contributed by atoms with van der Waals surface area (Å²) >= 11 is 0. The first-order valence-electron chi connectivity index (χ1n) is 4.81. The van der Waals surface area contributed by atoms with Crippen molar-refractivity contribution in [3.63, 3.8) is 0 Å². The SMILES string of the molecule is CCOCC(C)NC1CC=CC1. The van der Waals surface area contributed by atoms with Gasteiger partial charge in [-0.05, 0) is 26.7 Å². The molecule has 1 unspecified atom stereocenters. The zero-order valence-corrected chi connectivity index (χ0v) is 8.05. The minimum Gasteiger partial charge on any atom is -0.380 e. The Bertz CT molecular complexity index is 137. The summed E-state index contributed by atoms with van der Waals surface area (Å²) in [5, 5.41) is 3.53. The topological polar surface area (TPSA) is 21.3 Å². The lowest BCUT2D eigenvalue weighted by Crippen LogP contribution is -2.37. The Labute approximate surface area is 75.0 Å². The van der Waals surface area contributed by atoms with Gasteiger partial charge in [0.25, 0.3) is 0 Å². The lowest BCUT2D eigenvalue weighted by Gasteiger charge is -2.18. The molecule has 1 rings (SSSR count). The third-order valence-corrected chi connectivity index (χ3v) is 2.10. The Morgan fingerprint density at radius 1 is 1.50 bits per heavy atom.